The van der Waals surface area contributed by atoms with Crippen LogP contribution in [0.1, 0.15) is 12.0 Å². The Labute approximate surface area is 119 Å². The molecule has 1 saturated heterocycles. The first-order valence-electron chi connectivity index (χ1n) is 6.01. The van der Waals surface area contributed by atoms with Gasteiger partial charge in [-0.1, -0.05) is 0 Å². The molecule has 0 saturated carbocycles. The number of carbonyl (C=O) groups excluding carboxylic acids is 1. The highest BCUT2D eigenvalue weighted by Crippen LogP contribution is 2.32. The van der Waals surface area contributed by atoms with Gasteiger partial charge in [0.05, 0.1) is 10.7 Å². The molecular weight excluding hydrogens is 305 g/mol. The summed E-state index contributed by atoms with van der Waals surface area (Å²) in [6.45, 7) is 1.51. The average Bonchev–Trinajstić information content (AvgIpc) is 2.67. The summed E-state index contributed by atoms with van der Waals surface area (Å²) in [6, 6.07) is 1.27. The van der Waals surface area contributed by atoms with Crippen molar-refractivity contribution in [2.45, 2.75) is 13.3 Å². The minimum Gasteiger partial charge on any atom is -0.291 e. The van der Waals surface area contributed by atoms with Gasteiger partial charge in [-0.15, -0.1) is 3.89 Å². The minimum absolute atomic E-state index is 0.112. The van der Waals surface area contributed by atoms with Gasteiger partial charge in [0, 0.05) is 31.1 Å². The van der Waals surface area contributed by atoms with Crippen molar-refractivity contribution in [3.63, 3.8) is 0 Å². The topological polar surface area (TPSA) is 110 Å². The standard InChI is InChI=1S/C11H12FN3O5S/c1-7-2-9(15(17)18)11(13-4-7)14-5-8(3-10(14)16)6-21(12,19)20/h2,4,8H,3,5-6H2,1H3. The molecule has 1 unspecified atom stereocenters. The van der Waals surface area contributed by atoms with Crippen molar-refractivity contribution in [3.05, 3.63) is 27.9 Å². The fourth-order valence-corrected chi connectivity index (χ4v) is 3.05. The van der Waals surface area contributed by atoms with Gasteiger partial charge in [0.2, 0.25) is 11.7 Å². The third kappa shape index (κ3) is 3.51. The molecule has 1 atom stereocenters. The molecule has 2 rings (SSSR count). The third-order valence-corrected chi connectivity index (χ3v) is 3.95. The Kier molecular flexibility index (Phi) is 3.90. The number of rotatable bonds is 4. The molecular formula is C11H12FN3O5S. The number of carbonyl (C=O) groups is 1. The maximum absolute atomic E-state index is 12.7. The van der Waals surface area contributed by atoms with Crippen LogP contribution in [0.25, 0.3) is 0 Å². The lowest BCUT2D eigenvalue weighted by Gasteiger charge is -2.15. The third-order valence-electron chi connectivity index (χ3n) is 3.08. The minimum atomic E-state index is -4.70. The van der Waals surface area contributed by atoms with Crippen LogP contribution in [0, 0.1) is 23.0 Å². The molecule has 0 aliphatic carbocycles. The van der Waals surface area contributed by atoms with Crippen molar-refractivity contribution in [1.82, 2.24) is 4.98 Å². The molecule has 1 amide bonds. The van der Waals surface area contributed by atoms with Gasteiger partial charge in [-0.25, -0.2) is 4.98 Å². The first-order chi connectivity index (χ1) is 9.67. The van der Waals surface area contributed by atoms with Crippen LogP contribution >= 0.6 is 0 Å². The van der Waals surface area contributed by atoms with Crippen LogP contribution in [-0.4, -0.2) is 36.5 Å². The van der Waals surface area contributed by atoms with E-state index in [1.54, 1.807) is 6.92 Å². The molecule has 114 valence electrons. The van der Waals surface area contributed by atoms with E-state index in [0.717, 1.165) is 4.90 Å². The van der Waals surface area contributed by atoms with Crippen LogP contribution in [0.3, 0.4) is 0 Å². The number of aromatic nitrogens is 1. The number of aryl methyl sites for hydroxylation is 1. The summed E-state index contributed by atoms with van der Waals surface area (Å²) in [7, 11) is -4.70. The molecule has 1 aromatic rings. The van der Waals surface area contributed by atoms with E-state index in [2.05, 4.69) is 4.98 Å². The number of amides is 1. The van der Waals surface area contributed by atoms with Gasteiger partial charge in [-0.3, -0.25) is 19.8 Å². The predicted octanol–water partition coefficient (Wildman–Crippen LogP) is 0.950. The number of halogens is 1. The van der Waals surface area contributed by atoms with E-state index < -0.39 is 32.7 Å². The second kappa shape index (κ2) is 5.35. The molecule has 8 nitrogen and oxygen atoms in total. The number of nitro groups is 1. The monoisotopic (exact) mass is 317 g/mol. The lowest BCUT2D eigenvalue weighted by atomic mass is 10.1. The molecule has 1 fully saturated rings. The number of anilines is 1. The summed E-state index contributed by atoms with van der Waals surface area (Å²) < 4.78 is 33.9. The van der Waals surface area contributed by atoms with Crippen molar-refractivity contribution in [3.8, 4) is 0 Å². The van der Waals surface area contributed by atoms with Gasteiger partial charge in [0.25, 0.3) is 0 Å². The van der Waals surface area contributed by atoms with Crippen LogP contribution in [0.4, 0.5) is 15.4 Å². The molecule has 1 aromatic heterocycles. The molecule has 0 radical (unpaired) electrons. The predicted molar refractivity (Wildman–Crippen MR) is 71.0 cm³/mol. The fraction of sp³-hybridized carbons (Fsp3) is 0.455. The Balaban J connectivity index is 2.31. The van der Waals surface area contributed by atoms with E-state index in [0.29, 0.717) is 5.56 Å². The number of hydrogen-bond acceptors (Lipinski definition) is 6. The van der Waals surface area contributed by atoms with Gasteiger partial charge in [-0.2, -0.15) is 8.42 Å². The maximum Gasteiger partial charge on any atom is 0.312 e. The van der Waals surface area contributed by atoms with E-state index in [-0.39, 0.29) is 24.5 Å². The highest BCUT2D eigenvalue weighted by molar-refractivity contribution is 7.86. The Morgan fingerprint density at radius 1 is 1.57 bits per heavy atom. The molecule has 0 spiro atoms. The van der Waals surface area contributed by atoms with Gasteiger partial charge in [0.15, 0.2) is 0 Å². The summed E-state index contributed by atoms with van der Waals surface area (Å²) >= 11 is 0. The Morgan fingerprint density at radius 3 is 2.81 bits per heavy atom. The van der Waals surface area contributed by atoms with E-state index in [4.69, 9.17) is 0 Å². The normalized spacial score (nSPS) is 19.0. The van der Waals surface area contributed by atoms with Crippen LogP contribution in [0.15, 0.2) is 12.3 Å². The lowest BCUT2D eigenvalue weighted by Crippen LogP contribution is -2.27. The molecule has 1 aliphatic rings. The first kappa shape index (κ1) is 15.3. The Morgan fingerprint density at radius 2 is 2.24 bits per heavy atom. The zero-order valence-corrected chi connectivity index (χ0v) is 11.8. The number of hydrogen-bond donors (Lipinski definition) is 0. The molecule has 0 aromatic carbocycles. The summed E-state index contributed by atoms with van der Waals surface area (Å²) in [5.74, 6) is -2.18. The second-order valence-corrected chi connectivity index (χ2v) is 6.30. The van der Waals surface area contributed by atoms with Gasteiger partial charge in [0.1, 0.15) is 0 Å². The number of pyridine rings is 1. The Bertz CT molecular complexity index is 706. The summed E-state index contributed by atoms with van der Waals surface area (Å²) in [5.41, 5.74) is 0.215. The molecule has 0 N–H and O–H groups in total. The zero-order valence-electron chi connectivity index (χ0n) is 11.0. The summed E-state index contributed by atoms with van der Waals surface area (Å²) in [5, 5.41) is 11.0. The SMILES string of the molecule is Cc1cnc(N2CC(CS(=O)(=O)F)CC2=O)c([N+](=O)[O-])c1. The highest BCUT2D eigenvalue weighted by atomic mass is 32.3. The van der Waals surface area contributed by atoms with Crippen molar-refractivity contribution >= 4 is 27.6 Å². The lowest BCUT2D eigenvalue weighted by molar-refractivity contribution is -0.384. The largest absolute Gasteiger partial charge is 0.312 e. The molecule has 0 bridgehead atoms. The van der Waals surface area contributed by atoms with Crippen LogP contribution in [0.5, 0.6) is 0 Å². The number of nitrogens with zero attached hydrogens (tertiary/aromatic N) is 3. The van der Waals surface area contributed by atoms with Crippen molar-refractivity contribution in [2.75, 3.05) is 17.2 Å². The molecule has 21 heavy (non-hydrogen) atoms. The maximum atomic E-state index is 12.7. The average molecular weight is 317 g/mol. The molecule has 2 heterocycles. The van der Waals surface area contributed by atoms with Crippen LogP contribution < -0.4 is 4.90 Å². The van der Waals surface area contributed by atoms with E-state index in [1.165, 1.54) is 12.3 Å². The summed E-state index contributed by atoms with van der Waals surface area (Å²) in [6.07, 6.45) is 1.19. The summed E-state index contributed by atoms with van der Waals surface area (Å²) in [4.78, 5) is 27.1. The van der Waals surface area contributed by atoms with E-state index >= 15 is 0 Å². The van der Waals surface area contributed by atoms with Crippen LogP contribution in [-0.2, 0) is 15.0 Å². The second-order valence-electron chi connectivity index (χ2n) is 4.89. The molecule has 1 aliphatic heterocycles. The Hall–Kier alpha value is -2.10. The van der Waals surface area contributed by atoms with Crippen molar-refractivity contribution < 1.29 is 22.0 Å². The highest BCUT2D eigenvalue weighted by Gasteiger charge is 2.37. The molecule has 10 heteroatoms. The quantitative estimate of drug-likeness (QED) is 0.464. The van der Waals surface area contributed by atoms with Gasteiger partial charge < -0.3 is 0 Å². The zero-order chi connectivity index (χ0) is 15.8. The first-order valence-corrected chi connectivity index (χ1v) is 7.56. The van der Waals surface area contributed by atoms with Gasteiger partial charge in [-0.05, 0) is 12.5 Å². The van der Waals surface area contributed by atoms with E-state index in [9.17, 15) is 27.2 Å². The van der Waals surface area contributed by atoms with Crippen molar-refractivity contribution in [1.29, 1.82) is 0 Å². The fourth-order valence-electron chi connectivity index (χ4n) is 2.27. The van der Waals surface area contributed by atoms with Crippen molar-refractivity contribution in [2.24, 2.45) is 5.92 Å². The van der Waals surface area contributed by atoms with E-state index in [1.807, 2.05) is 0 Å². The smallest absolute Gasteiger partial charge is 0.291 e. The van der Waals surface area contributed by atoms with Crippen LogP contribution in [0.2, 0.25) is 0 Å². The van der Waals surface area contributed by atoms with Gasteiger partial charge >= 0.3 is 15.9 Å².